The molecule has 2 rings (SSSR count). The van der Waals surface area contributed by atoms with Crippen molar-refractivity contribution in [2.75, 3.05) is 38.6 Å². The molecule has 0 saturated carbocycles. The van der Waals surface area contributed by atoms with Crippen LogP contribution in [0.25, 0.3) is 0 Å². The van der Waals surface area contributed by atoms with E-state index >= 15 is 0 Å². The highest BCUT2D eigenvalue weighted by atomic mass is 35.5. The first-order valence-corrected chi connectivity index (χ1v) is 7.41. The minimum atomic E-state index is -0.424. The molecule has 0 atom stereocenters. The van der Waals surface area contributed by atoms with Crippen molar-refractivity contribution in [3.8, 4) is 0 Å². The molecule has 7 nitrogen and oxygen atoms in total. The van der Waals surface area contributed by atoms with Gasteiger partial charge in [0.1, 0.15) is 5.69 Å². The minimum absolute atomic E-state index is 0. The summed E-state index contributed by atoms with van der Waals surface area (Å²) in [5.74, 6) is -0.0208. The first kappa shape index (κ1) is 19.2. The Morgan fingerprint density at radius 3 is 2.52 bits per heavy atom. The third kappa shape index (κ3) is 4.80. The van der Waals surface area contributed by atoms with Gasteiger partial charge in [-0.1, -0.05) is 12.1 Å². The largest absolute Gasteiger partial charge is 0.360 e. The van der Waals surface area contributed by atoms with Gasteiger partial charge in [0, 0.05) is 26.2 Å². The van der Waals surface area contributed by atoms with E-state index in [9.17, 15) is 14.9 Å². The zero-order valence-corrected chi connectivity index (χ0v) is 14.2. The van der Waals surface area contributed by atoms with Crippen molar-refractivity contribution in [1.82, 2.24) is 10.2 Å². The molecule has 128 valence electrons. The van der Waals surface area contributed by atoms with Gasteiger partial charge in [0.25, 0.3) is 5.69 Å². The molecule has 0 spiro atoms. The van der Waals surface area contributed by atoms with Crippen LogP contribution in [0.3, 0.4) is 0 Å². The van der Waals surface area contributed by atoms with Crippen molar-refractivity contribution in [3.05, 3.63) is 34.4 Å². The van der Waals surface area contributed by atoms with Crippen LogP contribution >= 0.6 is 12.4 Å². The molecule has 1 heterocycles. The molecule has 1 fully saturated rings. The number of nitrogens with one attached hydrogen (secondary N) is 1. The summed E-state index contributed by atoms with van der Waals surface area (Å²) in [7, 11) is 3.52. The Morgan fingerprint density at radius 1 is 1.30 bits per heavy atom. The monoisotopic (exact) mass is 342 g/mol. The predicted molar refractivity (Wildman–Crippen MR) is 92.3 cm³/mol. The van der Waals surface area contributed by atoms with Crippen molar-refractivity contribution in [3.63, 3.8) is 0 Å². The zero-order chi connectivity index (χ0) is 16.1. The molecule has 0 unspecified atom stereocenters. The number of halogens is 1. The number of benzene rings is 1. The van der Waals surface area contributed by atoms with Crippen molar-refractivity contribution in [1.29, 1.82) is 0 Å². The summed E-state index contributed by atoms with van der Waals surface area (Å²) in [6.07, 6.45) is 1.88. The van der Waals surface area contributed by atoms with Gasteiger partial charge in [-0.05, 0) is 32.0 Å². The Balaban J connectivity index is 0.00000264. The predicted octanol–water partition coefficient (Wildman–Crippen LogP) is 1.66. The number of amides is 1. The van der Waals surface area contributed by atoms with E-state index in [1.165, 1.54) is 6.07 Å². The molecule has 1 aromatic rings. The Kier molecular flexibility index (Phi) is 7.25. The molecule has 1 N–H and O–H groups in total. The lowest BCUT2D eigenvalue weighted by Crippen LogP contribution is -2.47. The van der Waals surface area contributed by atoms with E-state index in [2.05, 4.69) is 5.32 Å². The topological polar surface area (TPSA) is 78.7 Å². The molecule has 8 heteroatoms. The Morgan fingerprint density at radius 2 is 1.91 bits per heavy atom. The van der Waals surface area contributed by atoms with Gasteiger partial charge in [0.05, 0.1) is 11.5 Å². The van der Waals surface area contributed by atoms with Gasteiger partial charge in [-0.2, -0.15) is 0 Å². The Labute approximate surface area is 142 Å². The number of nitrogens with zero attached hydrogens (tertiary/aromatic N) is 3. The van der Waals surface area contributed by atoms with Crippen LogP contribution in [-0.4, -0.2) is 55.5 Å². The van der Waals surface area contributed by atoms with Gasteiger partial charge in [-0.3, -0.25) is 14.9 Å². The maximum Gasteiger partial charge on any atom is 0.292 e. The van der Waals surface area contributed by atoms with Crippen LogP contribution in [0.15, 0.2) is 24.3 Å². The molecule has 23 heavy (non-hydrogen) atoms. The van der Waals surface area contributed by atoms with Crippen LogP contribution in [0.4, 0.5) is 11.4 Å². The fraction of sp³-hybridized carbons (Fsp3) is 0.533. The number of carbonyl (C=O) groups is 1. The lowest BCUT2D eigenvalue weighted by Gasteiger charge is -2.33. The lowest BCUT2D eigenvalue weighted by atomic mass is 10.1. The van der Waals surface area contributed by atoms with Crippen molar-refractivity contribution < 1.29 is 9.72 Å². The number of nitro benzene ring substituents is 1. The van der Waals surface area contributed by atoms with E-state index in [1.54, 1.807) is 35.0 Å². The molecular weight excluding hydrogens is 320 g/mol. The fourth-order valence-electron chi connectivity index (χ4n) is 2.74. The van der Waals surface area contributed by atoms with Crippen molar-refractivity contribution >= 4 is 29.7 Å². The highest BCUT2D eigenvalue weighted by Gasteiger charge is 2.24. The van der Waals surface area contributed by atoms with E-state index in [4.69, 9.17) is 0 Å². The number of likely N-dealkylation sites (N-methyl/N-ethyl adjacent to an activating group) is 2. The van der Waals surface area contributed by atoms with Gasteiger partial charge in [0.2, 0.25) is 5.91 Å². The molecule has 0 bridgehead atoms. The molecular formula is C15H23ClN4O3. The number of nitro groups is 1. The summed E-state index contributed by atoms with van der Waals surface area (Å²) in [6, 6.07) is 6.72. The molecule has 1 saturated heterocycles. The maximum atomic E-state index is 12.4. The molecule has 0 aromatic heterocycles. The number of piperidine rings is 1. The van der Waals surface area contributed by atoms with E-state index in [0.29, 0.717) is 5.69 Å². The molecule has 1 amide bonds. The highest BCUT2D eigenvalue weighted by Crippen LogP contribution is 2.26. The summed E-state index contributed by atoms with van der Waals surface area (Å²) in [5, 5.41) is 14.3. The van der Waals surface area contributed by atoms with Crippen LogP contribution in [-0.2, 0) is 4.79 Å². The summed E-state index contributed by atoms with van der Waals surface area (Å²) in [4.78, 5) is 26.5. The summed E-state index contributed by atoms with van der Waals surface area (Å²) < 4.78 is 0. The SMILES string of the molecule is CN(CC(=O)N(C)C1CCNCC1)c1ccccc1[N+](=O)[O-].Cl. The first-order valence-electron chi connectivity index (χ1n) is 7.41. The Bertz CT molecular complexity index is 549. The molecule has 1 aromatic carbocycles. The highest BCUT2D eigenvalue weighted by molar-refractivity contribution is 5.85. The summed E-state index contributed by atoms with van der Waals surface area (Å²) >= 11 is 0. The molecule has 0 radical (unpaired) electrons. The zero-order valence-electron chi connectivity index (χ0n) is 13.4. The Hall–Kier alpha value is -1.86. The van der Waals surface area contributed by atoms with E-state index < -0.39 is 4.92 Å². The third-order valence-electron chi connectivity index (χ3n) is 4.11. The summed E-state index contributed by atoms with van der Waals surface area (Å²) in [5.41, 5.74) is 0.474. The number of anilines is 1. The number of carbonyl (C=O) groups excluding carboxylic acids is 1. The van der Waals surface area contributed by atoms with Gasteiger partial charge in [-0.15, -0.1) is 12.4 Å². The van der Waals surface area contributed by atoms with Crippen LogP contribution < -0.4 is 10.2 Å². The van der Waals surface area contributed by atoms with Crippen LogP contribution in [0.1, 0.15) is 12.8 Å². The maximum absolute atomic E-state index is 12.4. The second-order valence-electron chi connectivity index (χ2n) is 5.59. The molecule has 0 aliphatic carbocycles. The number of hydrogen-bond donors (Lipinski definition) is 1. The minimum Gasteiger partial charge on any atom is -0.360 e. The van der Waals surface area contributed by atoms with Gasteiger partial charge >= 0.3 is 0 Å². The lowest BCUT2D eigenvalue weighted by molar-refractivity contribution is -0.384. The van der Waals surface area contributed by atoms with Crippen molar-refractivity contribution in [2.24, 2.45) is 0 Å². The number of hydrogen-bond acceptors (Lipinski definition) is 5. The molecule has 1 aliphatic heterocycles. The van der Waals surface area contributed by atoms with Gasteiger partial charge in [0.15, 0.2) is 0 Å². The standard InChI is InChI=1S/C15H22N4O3.ClH/c1-17(13-5-3-4-6-14(13)19(21)22)11-15(20)18(2)12-7-9-16-10-8-12;/h3-6,12,16H,7-11H2,1-2H3;1H. The van der Waals surface area contributed by atoms with E-state index in [-0.39, 0.29) is 36.6 Å². The summed E-state index contributed by atoms with van der Waals surface area (Å²) in [6.45, 7) is 1.97. The fourth-order valence-corrected chi connectivity index (χ4v) is 2.74. The molecule has 1 aliphatic rings. The van der Waals surface area contributed by atoms with Crippen molar-refractivity contribution in [2.45, 2.75) is 18.9 Å². The van der Waals surface area contributed by atoms with E-state index in [1.807, 2.05) is 7.05 Å². The number of rotatable bonds is 5. The van der Waals surface area contributed by atoms with Crippen LogP contribution in [0, 0.1) is 10.1 Å². The van der Waals surface area contributed by atoms with Gasteiger partial charge < -0.3 is 15.1 Å². The van der Waals surface area contributed by atoms with E-state index in [0.717, 1.165) is 25.9 Å². The number of para-hydroxylation sites is 2. The normalized spacial score (nSPS) is 14.7. The average molecular weight is 343 g/mol. The third-order valence-corrected chi connectivity index (χ3v) is 4.11. The van der Waals surface area contributed by atoms with Crippen LogP contribution in [0.5, 0.6) is 0 Å². The quantitative estimate of drug-likeness (QED) is 0.650. The average Bonchev–Trinajstić information content (AvgIpc) is 2.54. The second kappa shape index (κ2) is 8.69. The first-order chi connectivity index (χ1) is 10.5. The van der Waals surface area contributed by atoms with Gasteiger partial charge in [-0.25, -0.2) is 0 Å². The second-order valence-corrected chi connectivity index (χ2v) is 5.59. The smallest absolute Gasteiger partial charge is 0.292 e. The van der Waals surface area contributed by atoms with Crippen LogP contribution in [0.2, 0.25) is 0 Å².